The van der Waals surface area contributed by atoms with Crippen LogP contribution in [0.2, 0.25) is 0 Å². The van der Waals surface area contributed by atoms with Gasteiger partial charge >= 0.3 is 0 Å². The average molecular weight is 372 g/mol. The lowest BCUT2D eigenvalue weighted by Gasteiger charge is -2.14. The number of hydrogen-bond donors (Lipinski definition) is 1. The van der Waals surface area contributed by atoms with Crippen LogP contribution in [0.25, 0.3) is 10.9 Å². The zero-order valence-corrected chi connectivity index (χ0v) is 15.3. The first-order valence-electron chi connectivity index (χ1n) is 8.25. The smallest absolute Gasteiger partial charge is 0.254 e. The summed E-state index contributed by atoms with van der Waals surface area (Å²) < 4.78 is 27.6. The number of hydrogen-bond acceptors (Lipinski definition) is 3. The maximum absolute atomic E-state index is 14.3. The Morgan fingerprint density at radius 3 is 2.69 bits per heavy atom. The second-order valence-corrected chi connectivity index (χ2v) is 7.05. The lowest BCUT2D eigenvalue weighted by atomic mass is 10.0. The minimum atomic E-state index is -0.403. The molecule has 0 radical (unpaired) electrons. The number of pyridine rings is 1. The summed E-state index contributed by atoms with van der Waals surface area (Å²) in [6.45, 7) is 3.87. The van der Waals surface area contributed by atoms with Gasteiger partial charge in [0, 0.05) is 11.9 Å². The number of nitrogens with one attached hydrogen (secondary N) is 1. The summed E-state index contributed by atoms with van der Waals surface area (Å²) >= 11 is 1.43. The Morgan fingerprint density at radius 1 is 1.19 bits per heavy atom. The lowest BCUT2D eigenvalue weighted by Crippen LogP contribution is -2.25. The number of carbonyl (C=O) groups excluding carboxylic acids is 1. The molecular formula is C20H18F2N2OS. The number of carbonyl (C=O) groups is 1. The fourth-order valence-corrected chi connectivity index (χ4v) is 3.68. The number of amides is 1. The van der Waals surface area contributed by atoms with Crippen molar-refractivity contribution in [2.24, 2.45) is 0 Å². The highest BCUT2D eigenvalue weighted by atomic mass is 32.2. The predicted octanol–water partition coefficient (Wildman–Crippen LogP) is 4.86. The van der Waals surface area contributed by atoms with Crippen molar-refractivity contribution in [2.75, 3.05) is 5.75 Å². The maximum atomic E-state index is 14.3. The number of rotatable bonds is 5. The molecule has 1 heterocycles. The van der Waals surface area contributed by atoms with Crippen molar-refractivity contribution in [3.63, 3.8) is 0 Å². The van der Waals surface area contributed by atoms with E-state index in [-0.39, 0.29) is 18.3 Å². The van der Waals surface area contributed by atoms with E-state index in [1.165, 1.54) is 30.0 Å². The van der Waals surface area contributed by atoms with Crippen LogP contribution in [-0.4, -0.2) is 16.6 Å². The third-order valence-corrected chi connectivity index (χ3v) is 4.89. The van der Waals surface area contributed by atoms with Gasteiger partial charge in [0.1, 0.15) is 16.7 Å². The molecule has 0 aliphatic rings. The summed E-state index contributed by atoms with van der Waals surface area (Å²) in [5, 5.41) is 3.70. The molecule has 3 aromatic rings. The molecule has 0 saturated carbocycles. The van der Waals surface area contributed by atoms with Crippen molar-refractivity contribution >= 4 is 28.6 Å². The summed E-state index contributed by atoms with van der Waals surface area (Å²) in [4.78, 5) is 17.3. The first kappa shape index (κ1) is 18.3. The molecule has 1 aromatic heterocycles. The molecule has 0 atom stereocenters. The zero-order chi connectivity index (χ0) is 18.7. The first-order chi connectivity index (χ1) is 12.5. The average Bonchev–Trinajstić information content (AvgIpc) is 2.60. The molecule has 0 spiro atoms. The fourth-order valence-electron chi connectivity index (χ4n) is 2.85. The van der Waals surface area contributed by atoms with Crippen molar-refractivity contribution in [1.82, 2.24) is 10.3 Å². The summed E-state index contributed by atoms with van der Waals surface area (Å²) in [6.07, 6.45) is 0. The van der Waals surface area contributed by atoms with Gasteiger partial charge in [-0.15, -0.1) is 11.8 Å². The Balaban J connectivity index is 1.99. The number of aromatic nitrogens is 1. The van der Waals surface area contributed by atoms with E-state index in [1.807, 2.05) is 6.92 Å². The molecule has 1 N–H and O–H groups in total. The lowest BCUT2D eigenvalue weighted by molar-refractivity contribution is 0.0947. The minimum absolute atomic E-state index is 0.182. The van der Waals surface area contributed by atoms with Crippen LogP contribution in [0.1, 0.15) is 28.4 Å². The topological polar surface area (TPSA) is 42.0 Å². The minimum Gasteiger partial charge on any atom is -0.348 e. The van der Waals surface area contributed by atoms with Crippen LogP contribution < -0.4 is 5.32 Å². The van der Waals surface area contributed by atoms with Gasteiger partial charge in [-0.3, -0.25) is 4.79 Å². The van der Waals surface area contributed by atoms with Crippen LogP contribution in [-0.2, 0) is 6.54 Å². The van der Waals surface area contributed by atoms with Gasteiger partial charge in [-0.25, -0.2) is 13.8 Å². The number of halogens is 2. The third-order valence-electron chi connectivity index (χ3n) is 4.03. The molecule has 0 aliphatic carbocycles. The molecule has 0 bridgehead atoms. The molecule has 1 amide bonds. The number of fused-ring (bicyclic) bond motifs is 1. The molecule has 0 fully saturated rings. The summed E-state index contributed by atoms with van der Waals surface area (Å²) in [6, 6.07) is 10.7. The fraction of sp³-hybridized carbons (Fsp3) is 0.200. The maximum Gasteiger partial charge on any atom is 0.254 e. The highest BCUT2D eigenvalue weighted by molar-refractivity contribution is 7.99. The summed E-state index contributed by atoms with van der Waals surface area (Å²) in [5.41, 5.74) is 2.10. The Labute approximate surface area is 154 Å². The summed E-state index contributed by atoms with van der Waals surface area (Å²) in [7, 11) is 0. The van der Waals surface area contributed by atoms with E-state index < -0.39 is 5.82 Å². The van der Waals surface area contributed by atoms with Crippen LogP contribution in [0, 0.1) is 18.6 Å². The van der Waals surface area contributed by atoms with Gasteiger partial charge in [-0.2, -0.15) is 0 Å². The molecule has 2 aromatic carbocycles. The SMILES string of the molecule is CCSc1nc2cccc(F)c2c(C)c1C(=O)NCc1cccc(F)c1. The van der Waals surface area contributed by atoms with Crippen LogP contribution in [0.3, 0.4) is 0 Å². The van der Waals surface area contributed by atoms with Crippen LogP contribution in [0.15, 0.2) is 47.5 Å². The van der Waals surface area contributed by atoms with E-state index in [2.05, 4.69) is 10.3 Å². The van der Waals surface area contributed by atoms with Gasteiger partial charge in [0.05, 0.1) is 11.1 Å². The van der Waals surface area contributed by atoms with E-state index in [0.29, 0.717) is 32.6 Å². The van der Waals surface area contributed by atoms with Crippen molar-refractivity contribution in [3.8, 4) is 0 Å². The molecule has 0 aliphatic heterocycles. The highest BCUT2D eigenvalue weighted by Crippen LogP contribution is 2.30. The molecule has 6 heteroatoms. The second kappa shape index (κ2) is 7.83. The van der Waals surface area contributed by atoms with Gasteiger partial charge in [-0.05, 0) is 48.1 Å². The molecule has 26 heavy (non-hydrogen) atoms. The molecule has 3 nitrogen and oxygen atoms in total. The predicted molar refractivity (Wildman–Crippen MR) is 100 cm³/mol. The van der Waals surface area contributed by atoms with Crippen molar-refractivity contribution in [1.29, 1.82) is 0 Å². The van der Waals surface area contributed by atoms with Crippen molar-refractivity contribution < 1.29 is 13.6 Å². The molecule has 0 saturated heterocycles. The van der Waals surface area contributed by atoms with Crippen LogP contribution in [0.4, 0.5) is 8.78 Å². The van der Waals surface area contributed by atoms with Crippen LogP contribution in [0.5, 0.6) is 0 Å². The molecular weight excluding hydrogens is 354 g/mol. The Morgan fingerprint density at radius 2 is 1.96 bits per heavy atom. The van der Waals surface area contributed by atoms with Gasteiger partial charge in [0.15, 0.2) is 0 Å². The summed E-state index contributed by atoms with van der Waals surface area (Å²) in [5.74, 6) is -0.373. The first-order valence-corrected chi connectivity index (χ1v) is 9.24. The normalized spacial score (nSPS) is 10.9. The third kappa shape index (κ3) is 3.70. The second-order valence-electron chi connectivity index (χ2n) is 5.80. The molecule has 134 valence electrons. The van der Waals surface area contributed by atoms with Gasteiger partial charge in [0.25, 0.3) is 5.91 Å². The van der Waals surface area contributed by atoms with E-state index in [4.69, 9.17) is 0 Å². The largest absolute Gasteiger partial charge is 0.348 e. The van der Waals surface area contributed by atoms with Crippen molar-refractivity contribution in [2.45, 2.75) is 25.4 Å². The number of aryl methyl sites for hydroxylation is 1. The monoisotopic (exact) mass is 372 g/mol. The number of thioether (sulfide) groups is 1. The van der Waals surface area contributed by atoms with Gasteiger partial charge in [-0.1, -0.05) is 25.1 Å². The zero-order valence-electron chi connectivity index (χ0n) is 14.5. The quantitative estimate of drug-likeness (QED) is 0.650. The van der Waals surface area contributed by atoms with Gasteiger partial charge < -0.3 is 5.32 Å². The number of benzene rings is 2. The van der Waals surface area contributed by atoms with E-state index in [9.17, 15) is 13.6 Å². The van der Waals surface area contributed by atoms with Gasteiger partial charge in [0.2, 0.25) is 0 Å². The number of nitrogens with zero attached hydrogens (tertiary/aromatic N) is 1. The molecule has 0 unspecified atom stereocenters. The van der Waals surface area contributed by atoms with E-state index in [0.717, 1.165) is 5.75 Å². The van der Waals surface area contributed by atoms with E-state index in [1.54, 1.807) is 31.2 Å². The van der Waals surface area contributed by atoms with Crippen molar-refractivity contribution in [3.05, 3.63) is 70.8 Å². The Kier molecular flexibility index (Phi) is 5.52. The highest BCUT2D eigenvalue weighted by Gasteiger charge is 2.20. The Hall–Kier alpha value is -2.47. The molecule has 3 rings (SSSR count). The van der Waals surface area contributed by atoms with Crippen LogP contribution >= 0.6 is 11.8 Å². The standard InChI is InChI=1S/C20H18F2N2OS/c1-3-26-20-18(12(2)17-15(22)8-5-9-16(17)24-20)19(25)23-11-13-6-4-7-14(21)10-13/h4-10H,3,11H2,1-2H3,(H,23,25). The Bertz CT molecular complexity index is 975. The van der Waals surface area contributed by atoms with E-state index >= 15 is 0 Å².